The van der Waals surface area contributed by atoms with E-state index in [2.05, 4.69) is 5.32 Å². The second kappa shape index (κ2) is 9.57. The van der Waals surface area contributed by atoms with Crippen LogP contribution in [0.25, 0.3) is 0 Å². The molecule has 1 aliphatic rings. The van der Waals surface area contributed by atoms with E-state index in [9.17, 15) is 21.6 Å². The van der Waals surface area contributed by atoms with Gasteiger partial charge in [0.2, 0.25) is 26.0 Å². The molecule has 1 saturated heterocycles. The Balaban J connectivity index is 1.88. The second-order valence-corrected chi connectivity index (χ2v) is 11.5. The van der Waals surface area contributed by atoms with E-state index >= 15 is 0 Å². The van der Waals surface area contributed by atoms with E-state index in [-0.39, 0.29) is 34.4 Å². The zero-order valence-corrected chi connectivity index (χ0v) is 19.8. The number of hydrogen-bond acceptors (Lipinski definition) is 6. The molecule has 1 fully saturated rings. The van der Waals surface area contributed by atoms with Gasteiger partial charge in [0.05, 0.1) is 11.5 Å². The topological polar surface area (TPSA) is 113 Å². The van der Waals surface area contributed by atoms with E-state index in [0.29, 0.717) is 12.8 Å². The highest BCUT2D eigenvalue weighted by atomic mass is 32.2. The number of sulfonamides is 2. The predicted octanol–water partition coefficient (Wildman–Crippen LogP) is 2.13. The smallest absolute Gasteiger partial charge is 0.246 e. The summed E-state index contributed by atoms with van der Waals surface area (Å²) in [7, 11) is -4.85. The first-order valence-electron chi connectivity index (χ1n) is 10.2. The maximum absolute atomic E-state index is 13.0. The van der Waals surface area contributed by atoms with Gasteiger partial charge in [-0.1, -0.05) is 18.2 Å². The van der Waals surface area contributed by atoms with E-state index in [1.54, 1.807) is 25.1 Å². The van der Waals surface area contributed by atoms with Crippen molar-refractivity contribution < 1.29 is 26.4 Å². The lowest BCUT2D eigenvalue weighted by Crippen LogP contribution is -2.43. The molecule has 1 aliphatic heterocycles. The Morgan fingerprint density at radius 2 is 1.81 bits per heavy atom. The first-order valence-corrected chi connectivity index (χ1v) is 13.0. The summed E-state index contributed by atoms with van der Waals surface area (Å²) in [6, 6.07) is 11.4. The van der Waals surface area contributed by atoms with Crippen LogP contribution in [0.2, 0.25) is 0 Å². The molecule has 11 heteroatoms. The molecule has 174 valence electrons. The minimum Gasteiger partial charge on any atom is -0.492 e. The lowest BCUT2D eigenvalue weighted by atomic mass is 10.2. The molecule has 0 aliphatic carbocycles. The normalized spacial score (nSPS) is 17.4. The summed E-state index contributed by atoms with van der Waals surface area (Å²) in [5, 5.41) is 2.67. The zero-order valence-electron chi connectivity index (χ0n) is 18.2. The highest BCUT2D eigenvalue weighted by Crippen LogP contribution is 2.31. The fourth-order valence-electron chi connectivity index (χ4n) is 3.50. The van der Waals surface area contributed by atoms with Gasteiger partial charge in [-0.2, -0.15) is 4.31 Å². The number of nitrogens with zero attached hydrogens (tertiary/aromatic N) is 2. The highest BCUT2D eigenvalue weighted by molar-refractivity contribution is 7.89. The Bertz CT molecular complexity index is 1180. The fraction of sp³-hybridized carbons (Fsp3) is 0.381. The molecule has 0 aromatic heterocycles. The van der Waals surface area contributed by atoms with Crippen LogP contribution in [0.5, 0.6) is 5.75 Å². The molecule has 3 rings (SSSR count). The summed E-state index contributed by atoms with van der Waals surface area (Å²) in [5.41, 5.74) is 0.239. The molecular formula is C21H27N3O6S2. The van der Waals surface area contributed by atoms with Crippen molar-refractivity contribution in [2.24, 2.45) is 0 Å². The van der Waals surface area contributed by atoms with Gasteiger partial charge >= 0.3 is 0 Å². The number of amides is 1. The monoisotopic (exact) mass is 481 g/mol. The maximum atomic E-state index is 13.0. The van der Waals surface area contributed by atoms with E-state index in [1.165, 1.54) is 48.7 Å². The Labute approximate surface area is 189 Å². The minimum absolute atomic E-state index is 0.0812. The Hall–Kier alpha value is -2.47. The van der Waals surface area contributed by atoms with Gasteiger partial charge in [-0.3, -0.25) is 4.79 Å². The summed E-state index contributed by atoms with van der Waals surface area (Å²) in [6.45, 7) is 2.25. The van der Waals surface area contributed by atoms with Crippen molar-refractivity contribution in [3.05, 3.63) is 48.5 Å². The van der Waals surface area contributed by atoms with Gasteiger partial charge in [-0.05, 0) is 50.1 Å². The fourth-order valence-corrected chi connectivity index (χ4v) is 6.23. The molecule has 1 heterocycles. The molecule has 1 atom stereocenters. The van der Waals surface area contributed by atoms with Gasteiger partial charge in [0.25, 0.3) is 0 Å². The highest BCUT2D eigenvalue weighted by Gasteiger charge is 2.39. The van der Waals surface area contributed by atoms with Crippen LogP contribution in [0.15, 0.2) is 58.3 Å². The number of anilines is 1. The molecule has 2 aromatic rings. The molecule has 1 unspecified atom stereocenters. The van der Waals surface area contributed by atoms with Gasteiger partial charge in [0, 0.05) is 26.3 Å². The molecule has 0 bridgehead atoms. The quantitative estimate of drug-likeness (QED) is 0.618. The summed E-state index contributed by atoms with van der Waals surface area (Å²) >= 11 is 0. The second-order valence-electron chi connectivity index (χ2n) is 7.46. The van der Waals surface area contributed by atoms with Crippen molar-refractivity contribution >= 4 is 31.6 Å². The third kappa shape index (κ3) is 4.80. The Morgan fingerprint density at radius 1 is 1.12 bits per heavy atom. The van der Waals surface area contributed by atoms with Crippen LogP contribution >= 0.6 is 0 Å². The number of rotatable bonds is 8. The third-order valence-corrected chi connectivity index (χ3v) is 8.88. The van der Waals surface area contributed by atoms with Crippen molar-refractivity contribution in [1.29, 1.82) is 0 Å². The number of ether oxygens (including phenoxy) is 1. The average Bonchev–Trinajstić information content (AvgIpc) is 3.26. The van der Waals surface area contributed by atoms with Crippen LogP contribution in [0.1, 0.15) is 19.8 Å². The van der Waals surface area contributed by atoms with E-state index < -0.39 is 32.0 Å². The standard InChI is InChI=1S/C21H27N3O6S2/c1-4-30-19-13-12-16(15-20(19)32(28,29)23(2)3)22-21(25)18-11-8-14-24(18)31(26,27)17-9-6-5-7-10-17/h5-7,9-10,12-13,15,18H,4,8,11,14H2,1-3H3,(H,22,25). The van der Waals surface area contributed by atoms with Crippen LogP contribution in [-0.4, -0.2) is 64.6 Å². The molecule has 0 radical (unpaired) electrons. The maximum Gasteiger partial charge on any atom is 0.246 e. The third-order valence-electron chi connectivity index (χ3n) is 5.13. The SMILES string of the molecule is CCOc1ccc(NC(=O)C2CCCN2S(=O)(=O)c2ccccc2)cc1S(=O)(=O)N(C)C. The Morgan fingerprint density at radius 3 is 2.44 bits per heavy atom. The molecule has 0 spiro atoms. The average molecular weight is 482 g/mol. The number of nitrogens with one attached hydrogen (secondary N) is 1. The number of carbonyl (C=O) groups is 1. The summed E-state index contributed by atoms with van der Waals surface area (Å²) in [6.07, 6.45) is 0.922. The number of hydrogen-bond donors (Lipinski definition) is 1. The van der Waals surface area contributed by atoms with Gasteiger partial charge in [-0.25, -0.2) is 21.1 Å². The zero-order chi connectivity index (χ0) is 23.5. The van der Waals surface area contributed by atoms with E-state index in [4.69, 9.17) is 4.74 Å². The van der Waals surface area contributed by atoms with Gasteiger partial charge in [0.15, 0.2) is 0 Å². The van der Waals surface area contributed by atoms with Crippen molar-refractivity contribution in [2.75, 3.05) is 32.6 Å². The first-order chi connectivity index (χ1) is 15.1. The first kappa shape index (κ1) is 24.2. The van der Waals surface area contributed by atoms with Gasteiger partial charge in [0.1, 0.15) is 16.7 Å². The largest absolute Gasteiger partial charge is 0.492 e. The molecule has 1 amide bonds. The number of carbonyl (C=O) groups excluding carboxylic acids is 1. The van der Waals surface area contributed by atoms with Crippen LogP contribution < -0.4 is 10.1 Å². The molecular weight excluding hydrogens is 454 g/mol. The van der Waals surface area contributed by atoms with E-state index in [0.717, 1.165) is 4.31 Å². The molecule has 32 heavy (non-hydrogen) atoms. The summed E-state index contributed by atoms with van der Waals surface area (Å²) in [5.74, 6) is -0.340. The van der Waals surface area contributed by atoms with Gasteiger partial charge in [-0.15, -0.1) is 0 Å². The van der Waals surface area contributed by atoms with Crippen LogP contribution in [0, 0.1) is 0 Å². The summed E-state index contributed by atoms with van der Waals surface area (Å²) in [4.78, 5) is 13.0. The van der Waals surface area contributed by atoms with Crippen LogP contribution in [0.4, 0.5) is 5.69 Å². The van der Waals surface area contributed by atoms with Crippen molar-refractivity contribution in [3.8, 4) is 5.75 Å². The molecule has 2 aromatic carbocycles. The molecule has 1 N–H and O–H groups in total. The number of benzene rings is 2. The van der Waals surface area contributed by atoms with Crippen LogP contribution in [-0.2, 0) is 24.8 Å². The van der Waals surface area contributed by atoms with Crippen molar-refractivity contribution in [2.45, 2.75) is 35.6 Å². The lowest BCUT2D eigenvalue weighted by molar-refractivity contribution is -0.119. The van der Waals surface area contributed by atoms with E-state index in [1.807, 2.05) is 0 Å². The van der Waals surface area contributed by atoms with Crippen LogP contribution in [0.3, 0.4) is 0 Å². The van der Waals surface area contributed by atoms with Crippen molar-refractivity contribution in [1.82, 2.24) is 8.61 Å². The summed E-state index contributed by atoms with van der Waals surface area (Å²) < 4.78 is 59.2. The van der Waals surface area contributed by atoms with Gasteiger partial charge < -0.3 is 10.1 Å². The predicted molar refractivity (Wildman–Crippen MR) is 120 cm³/mol. The lowest BCUT2D eigenvalue weighted by Gasteiger charge is -2.23. The minimum atomic E-state index is -3.83. The Kier molecular flexibility index (Phi) is 7.23. The molecule has 9 nitrogen and oxygen atoms in total. The van der Waals surface area contributed by atoms with Crippen molar-refractivity contribution in [3.63, 3.8) is 0 Å². The molecule has 0 saturated carbocycles.